The number of halogens is 3. The van der Waals surface area contributed by atoms with Gasteiger partial charge in [0.15, 0.2) is 5.01 Å². The molecular weight excluding hydrogens is 225 g/mol. The molecule has 2 fully saturated rings. The van der Waals surface area contributed by atoms with Gasteiger partial charge in [-0.25, -0.2) is 4.98 Å². The van der Waals surface area contributed by atoms with Gasteiger partial charge in [0.25, 0.3) is 0 Å². The predicted molar refractivity (Wildman–Crippen MR) is 49.8 cm³/mol. The molecule has 1 aliphatic carbocycles. The quantitative estimate of drug-likeness (QED) is 0.804. The van der Waals surface area contributed by atoms with E-state index in [0.29, 0.717) is 22.9 Å². The van der Waals surface area contributed by atoms with Crippen molar-refractivity contribution in [2.75, 3.05) is 13.1 Å². The molecule has 82 valence electrons. The number of hydrogen-bond acceptors (Lipinski definition) is 3. The molecule has 2 unspecified atom stereocenters. The lowest BCUT2D eigenvalue weighted by molar-refractivity contribution is -0.137. The zero-order chi connectivity index (χ0) is 10.7. The second kappa shape index (κ2) is 2.74. The summed E-state index contributed by atoms with van der Waals surface area (Å²) in [6.07, 6.45) is -3.31. The third-order valence-electron chi connectivity index (χ3n) is 3.32. The fraction of sp³-hybridized carbons (Fsp3) is 0.667. The lowest BCUT2D eigenvalue weighted by atomic mass is 10.0. The van der Waals surface area contributed by atoms with Crippen molar-refractivity contribution in [1.29, 1.82) is 0 Å². The summed E-state index contributed by atoms with van der Waals surface area (Å²) in [5, 5.41) is 4.04. The molecule has 15 heavy (non-hydrogen) atoms. The molecule has 2 aliphatic rings. The van der Waals surface area contributed by atoms with Crippen LogP contribution in [0, 0.1) is 5.92 Å². The number of thiazole rings is 1. The molecule has 6 heteroatoms. The van der Waals surface area contributed by atoms with Gasteiger partial charge in [-0.1, -0.05) is 0 Å². The van der Waals surface area contributed by atoms with E-state index in [1.54, 1.807) is 5.38 Å². The molecule has 1 N–H and O–H groups in total. The van der Waals surface area contributed by atoms with Crippen LogP contribution in [-0.4, -0.2) is 18.1 Å². The maximum atomic E-state index is 12.4. The standard InChI is InChI=1S/C9H9F3N2S/c10-9(11,12)7-14-6(3-15-7)8-1-5(8)2-13-4-8/h3,5,13H,1-2,4H2. The van der Waals surface area contributed by atoms with Crippen LogP contribution in [0.15, 0.2) is 5.38 Å². The van der Waals surface area contributed by atoms with Crippen molar-refractivity contribution in [2.24, 2.45) is 5.92 Å². The largest absolute Gasteiger partial charge is 0.443 e. The minimum absolute atomic E-state index is 0.0694. The van der Waals surface area contributed by atoms with E-state index < -0.39 is 11.2 Å². The smallest absolute Gasteiger partial charge is 0.315 e. The fourth-order valence-electron chi connectivity index (χ4n) is 2.37. The molecule has 0 aromatic carbocycles. The monoisotopic (exact) mass is 234 g/mol. The van der Waals surface area contributed by atoms with E-state index in [2.05, 4.69) is 10.3 Å². The second-order valence-electron chi connectivity index (χ2n) is 4.22. The Morgan fingerprint density at radius 2 is 2.33 bits per heavy atom. The Morgan fingerprint density at radius 3 is 2.80 bits per heavy atom. The van der Waals surface area contributed by atoms with Gasteiger partial charge in [0.05, 0.1) is 5.69 Å². The zero-order valence-electron chi connectivity index (χ0n) is 7.77. The third-order valence-corrected chi connectivity index (χ3v) is 4.21. The molecular formula is C9H9F3N2S. The molecule has 1 aliphatic heterocycles. The highest BCUT2D eigenvalue weighted by Crippen LogP contribution is 2.56. The number of nitrogens with zero attached hydrogens (tertiary/aromatic N) is 1. The first-order chi connectivity index (χ1) is 7.02. The molecule has 1 saturated carbocycles. The summed E-state index contributed by atoms with van der Waals surface area (Å²) in [5.41, 5.74) is 0.565. The molecule has 3 rings (SSSR count). The normalized spacial score (nSPS) is 34.2. The van der Waals surface area contributed by atoms with Gasteiger partial charge < -0.3 is 5.32 Å². The topological polar surface area (TPSA) is 24.9 Å². The molecule has 2 nitrogen and oxygen atoms in total. The summed E-state index contributed by atoms with van der Waals surface area (Å²) in [7, 11) is 0. The molecule has 1 saturated heterocycles. The average Bonchev–Trinajstić information content (AvgIpc) is 2.63. The number of aromatic nitrogens is 1. The SMILES string of the molecule is FC(F)(F)c1nc(C23CNCC2C3)cs1. The predicted octanol–water partition coefficient (Wildman–Crippen LogP) is 2.02. The Kier molecular flexibility index (Phi) is 1.75. The Balaban J connectivity index is 1.92. The molecule has 2 heterocycles. The van der Waals surface area contributed by atoms with Gasteiger partial charge in [-0.3, -0.25) is 0 Å². The summed E-state index contributed by atoms with van der Waals surface area (Å²) in [5.74, 6) is 0.501. The van der Waals surface area contributed by atoms with Gasteiger partial charge in [0, 0.05) is 17.3 Å². The highest BCUT2D eigenvalue weighted by atomic mass is 32.1. The maximum absolute atomic E-state index is 12.4. The first-order valence-electron chi connectivity index (χ1n) is 4.76. The number of rotatable bonds is 1. The van der Waals surface area contributed by atoms with Gasteiger partial charge in [0.1, 0.15) is 0 Å². The third kappa shape index (κ3) is 1.31. The van der Waals surface area contributed by atoms with Gasteiger partial charge in [0.2, 0.25) is 0 Å². The van der Waals surface area contributed by atoms with E-state index in [4.69, 9.17) is 0 Å². The van der Waals surface area contributed by atoms with Crippen LogP contribution in [0.2, 0.25) is 0 Å². The lowest BCUT2D eigenvalue weighted by Gasteiger charge is -2.07. The van der Waals surface area contributed by atoms with Crippen molar-refractivity contribution >= 4 is 11.3 Å². The fourth-order valence-corrected chi connectivity index (χ4v) is 3.17. The lowest BCUT2D eigenvalue weighted by Crippen LogP contribution is -2.19. The minimum Gasteiger partial charge on any atom is -0.315 e. The Morgan fingerprint density at radius 1 is 1.53 bits per heavy atom. The molecule has 1 aromatic heterocycles. The van der Waals surface area contributed by atoms with E-state index in [1.165, 1.54) is 0 Å². The Bertz CT molecular complexity index is 400. The van der Waals surface area contributed by atoms with Gasteiger partial charge in [-0.2, -0.15) is 13.2 Å². The average molecular weight is 234 g/mol. The van der Waals surface area contributed by atoms with Crippen LogP contribution in [0.1, 0.15) is 17.1 Å². The number of alkyl halides is 3. The van der Waals surface area contributed by atoms with Gasteiger partial charge >= 0.3 is 6.18 Å². The number of nitrogens with one attached hydrogen (secondary N) is 1. The first kappa shape index (κ1) is 9.59. The molecule has 0 radical (unpaired) electrons. The van der Waals surface area contributed by atoms with E-state index in [0.717, 1.165) is 19.5 Å². The molecule has 0 bridgehead atoms. The number of fused-ring (bicyclic) bond motifs is 1. The van der Waals surface area contributed by atoms with Crippen LogP contribution >= 0.6 is 11.3 Å². The van der Waals surface area contributed by atoms with Crippen LogP contribution in [0.3, 0.4) is 0 Å². The van der Waals surface area contributed by atoms with Crippen LogP contribution < -0.4 is 5.32 Å². The van der Waals surface area contributed by atoms with Crippen molar-refractivity contribution in [2.45, 2.75) is 18.0 Å². The van der Waals surface area contributed by atoms with E-state index in [1.807, 2.05) is 0 Å². The maximum Gasteiger partial charge on any atom is 0.443 e. The summed E-state index contributed by atoms with van der Waals surface area (Å²) in [6, 6.07) is 0. The summed E-state index contributed by atoms with van der Waals surface area (Å²) >= 11 is 0.705. The Hall–Kier alpha value is -0.620. The highest BCUT2D eigenvalue weighted by molar-refractivity contribution is 7.09. The summed E-state index contributed by atoms with van der Waals surface area (Å²) in [6.45, 7) is 1.69. The summed E-state index contributed by atoms with van der Waals surface area (Å²) in [4.78, 5) is 3.73. The molecule has 0 spiro atoms. The molecule has 1 aromatic rings. The number of piperidine rings is 1. The summed E-state index contributed by atoms with van der Waals surface area (Å²) < 4.78 is 37.1. The minimum atomic E-state index is -4.30. The van der Waals surface area contributed by atoms with Crippen molar-refractivity contribution in [3.05, 3.63) is 16.1 Å². The van der Waals surface area contributed by atoms with Crippen LogP contribution in [0.5, 0.6) is 0 Å². The van der Waals surface area contributed by atoms with Gasteiger partial charge in [-0.15, -0.1) is 11.3 Å². The highest BCUT2D eigenvalue weighted by Gasteiger charge is 2.59. The van der Waals surface area contributed by atoms with Crippen molar-refractivity contribution in [3.63, 3.8) is 0 Å². The van der Waals surface area contributed by atoms with Crippen LogP contribution in [-0.2, 0) is 11.6 Å². The van der Waals surface area contributed by atoms with Crippen molar-refractivity contribution in [3.8, 4) is 0 Å². The van der Waals surface area contributed by atoms with Crippen LogP contribution in [0.25, 0.3) is 0 Å². The van der Waals surface area contributed by atoms with E-state index in [9.17, 15) is 13.2 Å². The van der Waals surface area contributed by atoms with Crippen LogP contribution in [0.4, 0.5) is 13.2 Å². The number of hydrogen-bond donors (Lipinski definition) is 1. The van der Waals surface area contributed by atoms with E-state index >= 15 is 0 Å². The second-order valence-corrected chi connectivity index (χ2v) is 5.08. The van der Waals surface area contributed by atoms with E-state index in [-0.39, 0.29) is 5.41 Å². The first-order valence-corrected chi connectivity index (χ1v) is 5.64. The Labute approximate surface area is 88.5 Å². The molecule has 0 amide bonds. The molecule has 2 atom stereocenters. The van der Waals surface area contributed by atoms with Crippen molar-refractivity contribution in [1.82, 2.24) is 10.3 Å². The van der Waals surface area contributed by atoms with Crippen molar-refractivity contribution < 1.29 is 13.2 Å². The van der Waals surface area contributed by atoms with Gasteiger partial charge in [-0.05, 0) is 18.9 Å². The zero-order valence-corrected chi connectivity index (χ0v) is 8.58.